The van der Waals surface area contributed by atoms with Crippen molar-refractivity contribution in [2.24, 2.45) is 0 Å². The summed E-state index contributed by atoms with van der Waals surface area (Å²) in [7, 11) is 0. The van der Waals surface area contributed by atoms with Crippen LogP contribution in [0.3, 0.4) is 0 Å². The van der Waals surface area contributed by atoms with Gasteiger partial charge in [0.2, 0.25) is 0 Å². The van der Waals surface area contributed by atoms with Gasteiger partial charge in [0.1, 0.15) is 6.33 Å². The molecule has 88 valence electrons. The molecule has 0 spiro atoms. The van der Waals surface area contributed by atoms with E-state index in [1.54, 1.807) is 6.92 Å². The minimum Gasteiger partial charge on any atom is -0.394 e. The minimum absolute atomic E-state index is 0.294. The van der Waals surface area contributed by atoms with Crippen LogP contribution in [0.25, 0.3) is 0 Å². The molecule has 0 fully saturated rings. The quantitative estimate of drug-likeness (QED) is 0.618. The molecule has 6 nitrogen and oxygen atoms in total. The summed E-state index contributed by atoms with van der Waals surface area (Å²) in [5.41, 5.74) is -0.699. The first-order valence-corrected chi connectivity index (χ1v) is 4.96. The first-order valence-electron chi connectivity index (χ1n) is 4.96. The van der Waals surface area contributed by atoms with Crippen LogP contribution in [-0.2, 0) is 0 Å². The van der Waals surface area contributed by atoms with Crippen LogP contribution in [-0.4, -0.2) is 44.8 Å². The lowest BCUT2D eigenvalue weighted by molar-refractivity contribution is 0.0652. The summed E-state index contributed by atoms with van der Waals surface area (Å²) in [6.07, 6.45) is 4.50. The van der Waals surface area contributed by atoms with E-state index in [0.29, 0.717) is 12.0 Å². The van der Waals surface area contributed by atoms with E-state index in [4.69, 9.17) is 10.2 Å². The highest BCUT2D eigenvalue weighted by Crippen LogP contribution is 2.09. The Morgan fingerprint density at radius 3 is 2.38 bits per heavy atom. The lowest BCUT2D eigenvalue weighted by atomic mass is 9.98. The Morgan fingerprint density at radius 1 is 1.38 bits per heavy atom. The maximum Gasteiger partial charge on any atom is 0.255 e. The van der Waals surface area contributed by atoms with Crippen molar-refractivity contribution in [1.82, 2.24) is 15.3 Å². The molecule has 1 aromatic heterocycles. The monoisotopic (exact) mass is 225 g/mol. The molecule has 0 aliphatic carbocycles. The Hall–Kier alpha value is -1.53. The normalized spacial score (nSPS) is 11.2. The van der Waals surface area contributed by atoms with Gasteiger partial charge in [-0.3, -0.25) is 4.79 Å². The lowest BCUT2D eigenvalue weighted by Crippen LogP contribution is -2.53. The molecule has 1 amide bonds. The van der Waals surface area contributed by atoms with Crippen molar-refractivity contribution in [3.8, 4) is 0 Å². The molecular weight excluding hydrogens is 210 g/mol. The van der Waals surface area contributed by atoms with Crippen LogP contribution >= 0.6 is 0 Å². The molecule has 0 atom stereocenters. The third-order valence-corrected chi connectivity index (χ3v) is 2.48. The van der Waals surface area contributed by atoms with Gasteiger partial charge in [0.25, 0.3) is 5.91 Å². The van der Waals surface area contributed by atoms with Crippen molar-refractivity contribution in [3.63, 3.8) is 0 Å². The van der Waals surface area contributed by atoms with E-state index < -0.39 is 11.4 Å². The third kappa shape index (κ3) is 2.74. The van der Waals surface area contributed by atoms with E-state index in [9.17, 15) is 4.79 Å². The van der Waals surface area contributed by atoms with E-state index in [2.05, 4.69) is 15.3 Å². The second-order valence-corrected chi connectivity index (χ2v) is 3.53. The average Bonchev–Trinajstić information content (AvgIpc) is 2.37. The Labute approximate surface area is 93.4 Å². The first kappa shape index (κ1) is 12.5. The average molecular weight is 225 g/mol. The Bertz CT molecular complexity index is 330. The number of carbonyl (C=O) groups excluding carboxylic acids is 1. The van der Waals surface area contributed by atoms with Gasteiger partial charge < -0.3 is 15.5 Å². The Morgan fingerprint density at radius 2 is 1.94 bits per heavy atom. The van der Waals surface area contributed by atoms with Gasteiger partial charge in [-0.15, -0.1) is 0 Å². The summed E-state index contributed by atoms with van der Waals surface area (Å²) < 4.78 is 0. The van der Waals surface area contributed by atoms with Crippen LogP contribution in [0.1, 0.15) is 23.7 Å². The molecule has 1 heterocycles. The summed E-state index contributed by atoms with van der Waals surface area (Å²) >= 11 is 0. The molecule has 0 unspecified atom stereocenters. The highest BCUT2D eigenvalue weighted by Gasteiger charge is 2.28. The largest absolute Gasteiger partial charge is 0.394 e. The van der Waals surface area contributed by atoms with Crippen LogP contribution in [0.4, 0.5) is 0 Å². The number of hydrogen-bond donors (Lipinski definition) is 3. The topological polar surface area (TPSA) is 95.3 Å². The van der Waals surface area contributed by atoms with E-state index in [1.165, 1.54) is 18.7 Å². The van der Waals surface area contributed by atoms with Gasteiger partial charge in [0.15, 0.2) is 0 Å². The van der Waals surface area contributed by atoms with E-state index in [-0.39, 0.29) is 13.2 Å². The van der Waals surface area contributed by atoms with Crippen LogP contribution in [0.5, 0.6) is 0 Å². The third-order valence-electron chi connectivity index (χ3n) is 2.48. The zero-order chi connectivity index (χ0) is 12.0. The molecule has 1 aromatic rings. The van der Waals surface area contributed by atoms with Gasteiger partial charge >= 0.3 is 0 Å². The highest BCUT2D eigenvalue weighted by molar-refractivity contribution is 5.94. The summed E-state index contributed by atoms with van der Waals surface area (Å²) in [5, 5.41) is 20.9. The number of rotatable bonds is 5. The van der Waals surface area contributed by atoms with E-state index in [1.807, 2.05) is 0 Å². The smallest absolute Gasteiger partial charge is 0.255 e. The van der Waals surface area contributed by atoms with E-state index in [0.717, 1.165) is 0 Å². The van der Waals surface area contributed by atoms with Gasteiger partial charge in [-0.05, 0) is 6.42 Å². The molecular formula is C10H15N3O3. The number of nitrogens with one attached hydrogen (secondary N) is 1. The van der Waals surface area contributed by atoms with Crippen LogP contribution in [0.2, 0.25) is 0 Å². The summed E-state index contributed by atoms with van der Waals surface area (Å²) in [6, 6.07) is 0. The number of nitrogens with zero attached hydrogens (tertiary/aromatic N) is 2. The van der Waals surface area contributed by atoms with Gasteiger partial charge in [0, 0.05) is 12.4 Å². The molecule has 0 saturated carbocycles. The van der Waals surface area contributed by atoms with Crippen LogP contribution in [0, 0.1) is 0 Å². The lowest BCUT2D eigenvalue weighted by Gasteiger charge is -2.29. The second-order valence-electron chi connectivity index (χ2n) is 3.53. The number of carbonyl (C=O) groups is 1. The predicted molar refractivity (Wildman–Crippen MR) is 56.7 cm³/mol. The number of hydrogen-bond acceptors (Lipinski definition) is 5. The van der Waals surface area contributed by atoms with Crippen molar-refractivity contribution >= 4 is 5.91 Å². The summed E-state index contributed by atoms with van der Waals surface area (Å²) in [5.74, 6) is -0.412. The van der Waals surface area contributed by atoms with Crippen LogP contribution in [0.15, 0.2) is 18.7 Å². The Balaban J connectivity index is 2.77. The Kier molecular flexibility index (Phi) is 4.33. The standard InChI is InChI=1S/C10H15N3O3/c1-2-10(5-14,6-15)13-9(16)8-3-11-7-12-4-8/h3-4,7,14-15H,2,5-6H2,1H3,(H,13,16). The summed E-state index contributed by atoms with van der Waals surface area (Å²) in [4.78, 5) is 19.2. The molecule has 0 aliphatic rings. The molecule has 6 heteroatoms. The zero-order valence-corrected chi connectivity index (χ0v) is 9.05. The van der Waals surface area contributed by atoms with Gasteiger partial charge in [-0.2, -0.15) is 0 Å². The fourth-order valence-corrected chi connectivity index (χ4v) is 1.17. The highest BCUT2D eigenvalue weighted by atomic mass is 16.3. The molecule has 1 rings (SSSR count). The maximum atomic E-state index is 11.7. The maximum absolute atomic E-state index is 11.7. The van der Waals surface area contributed by atoms with Crippen molar-refractivity contribution in [1.29, 1.82) is 0 Å². The number of amides is 1. The fraction of sp³-hybridized carbons (Fsp3) is 0.500. The number of aromatic nitrogens is 2. The molecule has 16 heavy (non-hydrogen) atoms. The van der Waals surface area contributed by atoms with Crippen molar-refractivity contribution < 1.29 is 15.0 Å². The molecule has 3 N–H and O–H groups in total. The predicted octanol–water partition coefficient (Wildman–Crippen LogP) is -0.660. The molecule has 0 aliphatic heterocycles. The molecule has 0 bridgehead atoms. The zero-order valence-electron chi connectivity index (χ0n) is 9.05. The minimum atomic E-state index is -0.993. The van der Waals surface area contributed by atoms with Gasteiger partial charge in [-0.1, -0.05) is 6.92 Å². The van der Waals surface area contributed by atoms with Crippen molar-refractivity contribution in [2.75, 3.05) is 13.2 Å². The second kappa shape index (κ2) is 5.53. The number of aliphatic hydroxyl groups is 2. The molecule has 0 aromatic carbocycles. The number of aliphatic hydroxyl groups excluding tert-OH is 2. The van der Waals surface area contributed by atoms with Crippen molar-refractivity contribution in [3.05, 3.63) is 24.3 Å². The molecule has 0 saturated heterocycles. The summed E-state index contributed by atoms with van der Waals surface area (Å²) in [6.45, 7) is 1.13. The van der Waals surface area contributed by atoms with Gasteiger partial charge in [0.05, 0.1) is 24.3 Å². The molecule has 0 radical (unpaired) electrons. The SMILES string of the molecule is CCC(CO)(CO)NC(=O)c1cncnc1. The van der Waals surface area contributed by atoms with Gasteiger partial charge in [-0.25, -0.2) is 9.97 Å². The van der Waals surface area contributed by atoms with Crippen molar-refractivity contribution in [2.45, 2.75) is 18.9 Å². The fourth-order valence-electron chi connectivity index (χ4n) is 1.17. The first-order chi connectivity index (χ1) is 7.67. The van der Waals surface area contributed by atoms with Crippen LogP contribution < -0.4 is 5.32 Å². The van der Waals surface area contributed by atoms with E-state index >= 15 is 0 Å².